The topological polar surface area (TPSA) is 153 Å². The Bertz CT molecular complexity index is 468. The van der Waals surface area contributed by atoms with Crippen molar-refractivity contribution in [2.24, 2.45) is 17.2 Å². The lowest BCUT2D eigenvalue weighted by Gasteiger charge is -2.05. The van der Waals surface area contributed by atoms with Gasteiger partial charge >= 0.3 is 5.97 Å². The highest BCUT2D eigenvalue weighted by atomic mass is 32.2. The number of nitrogens with two attached hydrogens (primary N) is 3. The molecule has 0 fully saturated rings. The number of carboxylic acid groups (broad SMARTS) is 1. The lowest BCUT2D eigenvalue weighted by molar-refractivity contribution is -0.138. The van der Waals surface area contributed by atoms with Crippen LogP contribution in [0.1, 0.15) is 12.0 Å². The monoisotopic (exact) mass is 329 g/mol. The molecule has 1 aromatic rings. The summed E-state index contributed by atoms with van der Waals surface area (Å²) in [5.41, 5.74) is 16.3. The van der Waals surface area contributed by atoms with Gasteiger partial charge in [0.05, 0.1) is 6.04 Å². The number of rotatable bonds is 7. The summed E-state index contributed by atoms with van der Waals surface area (Å²) in [6, 6.07) is 4.96. The van der Waals surface area contributed by atoms with Crippen LogP contribution >= 0.6 is 11.8 Å². The van der Waals surface area contributed by atoms with Crippen LogP contribution in [0.5, 0.6) is 5.75 Å². The summed E-state index contributed by atoms with van der Waals surface area (Å²) in [5, 5.41) is 17.5. The Morgan fingerprint density at radius 1 is 1.18 bits per heavy atom. The van der Waals surface area contributed by atoms with Crippen LogP contribution in [0.3, 0.4) is 0 Å². The van der Waals surface area contributed by atoms with Crippen molar-refractivity contribution >= 4 is 23.6 Å². The van der Waals surface area contributed by atoms with Crippen molar-refractivity contribution < 1.29 is 19.8 Å². The second-order valence-electron chi connectivity index (χ2n) is 4.61. The number of phenols is 1. The smallest absolute Gasteiger partial charge is 0.320 e. The van der Waals surface area contributed by atoms with Crippen LogP contribution in [-0.4, -0.2) is 46.2 Å². The highest BCUT2D eigenvalue weighted by Crippen LogP contribution is 2.10. The molecule has 0 saturated heterocycles. The highest BCUT2D eigenvalue weighted by Gasteiger charge is 2.11. The van der Waals surface area contributed by atoms with Crippen molar-refractivity contribution in [1.82, 2.24) is 0 Å². The molecule has 0 radical (unpaired) electrons. The van der Waals surface area contributed by atoms with Gasteiger partial charge in [0.1, 0.15) is 11.8 Å². The van der Waals surface area contributed by atoms with Gasteiger partial charge in [0.2, 0.25) is 5.91 Å². The molecule has 0 unspecified atom stereocenters. The van der Waals surface area contributed by atoms with Crippen LogP contribution in [0.2, 0.25) is 0 Å². The molecule has 7 nitrogen and oxygen atoms in total. The Hall–Kier alpha value is -1.77. The van der Waals surface area contributed by atoms with Crippen molar-refractivity contribution in [2.75, 3.05) is 12.0 Å². The molecule has 8 N–H and O–H groups in total. The fraction of sp³-hybridized carbons (Fsp3) is 0.429. The summed E-state index contributed by atoms with van der Waals surface area (Å²) >= 11 is 1.66. The van der Waals surface area contributed by atoms with Crippen LogP contribution in [0.15, 0.2) is 24.3 Å². The lowest BCUT2D eigenvalue weighted by Crippen LogP contribution is -2.36. The number of carboxylic acids is 1. The molecule has 0 spiro atoms. The maximum Gasteiger partial charge on any atom is 0.320 e. The molecule has 22 heavy (non-hydrogen) atoms. The first-order valence-corrected chi connectivity index (χ1v) is 7.97. The van der Waals surface area contributed by atoms with E-state index in [4.69, 9.17) is 27.4 Å². The van der Waals surface area contributed by atoms with Gasteiger partial charge in [0.25, 0.3) is 0 Å². The van der Waals surface area contributed by atoms with E-state index < -0.39 is 24.0 Å². The third kappa shape index (κ3) is 9.22. The number of hydrogen-bond donors (Lipinski definition) is 5. The first-order chi connectivity index (χ1) is 10.3. The van der Waals surface area contributed by atoms with Gasteiger partial charge in [-0.25, -0.2) is 0 Å². The van der Waals surface area contributed by atoms with E-state index in [1.54, 1.807) is 23.9 Å². The number of benzene rings is 1. The van der Waals surface area contributed by atoms with E-state index in [9.17, 15) is 9.59 Å². The molecule has 0 saturated carbocycles. The van der Waals surface area contributed by atoms with E-state index in [0.29, 0.717) is 6.42 Å². The van der Waals surface area contributed by atoms with Gasteiger partial charge in [0.15, 0.2) is 0 Å². The fourth-order valence-electron chi connectivity index (χ4n) is 1.36. The minimum Gasteiger partial charge on any atom is -0.508 e. The van der Waals surface area contributed by atoms with Crippen molar-refractivity contribution in [2.45, 2.75) is 24.9 Å². The predicted octanol–water partition coefficient (Wildman–Crippen LogP) is -0.101. The number of carbonyl (C=O) groups excluding carboxylic acids is 1. The summed E-state index contributed by atoms with van der Waals surface area (Å²) in [6.45, 7) is 0. The van der Waals surface area contributed by atoms with Crippen LogP contribution in [0.25, 0.3) is 0 Å². The molecule has 1 aromatic carbocycles. The van der Waals surface area contributed by atoms with E-state index in [1.807, 2.05) is 6.26 Å². The van der Waals surface area contributed by atoms with Gasteiger partial charge in [-0.2, -0.15) is 11.8 Å². The van der Waals surface area contributed by atoms with Crippen molar-refractivity contribution in [3.05, 3.63) is 29.8 Å². The van der Waals surface area contributed by atoms with Crippen LogP contribution in [0, 0.1) is 0 Å². The fourth-order valence-corrected chi connectivity index (χ4v) is 1.85. The van der Waals surface area contributed by atoms with E-state index in [-0.39, 0.29) is 12.2 Å². The Balaban J connectivity index is 0.000000433. The average Bonchev–Trinajstić information content (AvgIpc) is 2.47. The zero-order chi connectivity index (χ0) is 17.1. The van der Waals surface area contributed by atoms with Gasteiger partial charge in [0, 0.05) is 0 Å². The number of phenolic OH excluding ortho intramolecular Hbond substituents is 1. The minimum absolute atomic E-state index is 0.160. The van der Waals surface area contributed by atoms with Crippen LogP contribution < -0.4 is 17.2 Å². The molecule has 0 aliphatic rings. The first kappa shape index (κ1) is 20.2. The highest BCUT2D eigenvalue weighted by molar-refractivity contribution is 7.98. The number of aliphatic carboxylic acids is 1. The molecule has 0 aliphatic heterocycles. The summed E-state index contributed by atoms with van der Waals surface area (Å²) in [7, 11) is 0. The second-order valence-corrected chi connectivity index (χ2v) is 5.59. The number of aromatic hydroxyl groups is 1. The van der Waals surface area contributed by atoms with E-state index in [2.05, 4.69) is 0 Å². The summed E-state index contributed by atoms with van der Waals surface area (Å²) < 4.78 is 0. The SMILES string of the molecule is CSCC[C@H](N)C(N)=O.N[C@@H](Cc1ccc(O)cc1)C(=O)O. The molecule has 2 atom stereocenters. The molecular formula is C14H23N3O4S. The molecular weight excluding hydrogens is 306 g/mol. The number of primary amides is 1. The van der Waals surface area contributed by atoms with Gasteiger partial charge in [-0.15, -0.1) is 0 Å². The summed E-state index contributed by atoms with van der Waals surface area (Å²) in [6.07, 6.45) is 2.92. The number of thioether (sulfide) groups is 1. The van der Waals surface area contributed by atoms with Crippen LogP contribution in [-0.2, 0) is 16.0 Å². The minimum atomic E-state index is -1.02. The molecule has 0 bridgehead atoms. The molecule has 124 valence electrons. The van der Waals surface area contributed by atoms with Crippen molar-refractivity contribution in [3.8, 4) is 5.75 Å². The van der Waals surface area contributed by atoms with E-state index in [0.717, 1.165) is 11.3 Å². The Morgan fingerprint density at radius 3 is 2.14 bits per heavy atom. The zero-order valence-electron chi connectivity index (χ0n) is 12.4. The van der Waals surface area contributed by atoms with Gasteiger partial charge in [-0.05, 0) is 42.5 Å². The Morgan fingerprint density at radius 2 is 1.73 bits per heavy atom. The van der Waals surface area contributed by atoms with Gasteiger partial charge in [-0.1, -0.05) is 12.1 Å². The molecule has 8 heteroatoms. The Labute approximate surface area is 133 Å². The maximum absolute atomic E-state index is 10.4. The van der Waals surface area contributed by atoms with Gasteiger partial charge in [-0.3, -0.25) is 9.59 Å². The standard InChI is InChI=1S/C9H11NO3.C5H12N2OS/c10-8(9(12)13)5-6-1-3-7(11)4-2-6;1-9-3-2-4(6)5(7)8/h1-4,8,11H,5,10H2,(H,12,13);4H,2-3,6H2,1H3,(H2,7,8)/t8-;4-/m00/s1. The first-order valence-electron chi connectivity index (χ1n) is 6.58. The third-order valence-corrected chi connectivity index (χ3v) is 3.35. The second kappa shape index (κ2) is 10.9. The molecule has 0 aromatic heterocycles. The molecule has 0 heterocycles. The van der Waals surface area contributed by atoms with Crippen molar-refractivity contribution in [1.29, 1.82) is 0 Å². The molecule has 1 rings (SSSR count). The summed E-state index contributed by atoms with van der Waals surface area (Å²) in [4.78, 5) is 20.7. The van der Waals surface area contributed by atoms with E-state index in [1.165, 1.54) is 12.1 Å². The number of amides is 1. The quantitative estimate of drug-likeness (QED) is 0.468. The maximum atomic E-state index is 10.4. The third-order valence-electron chi connectivity index (χ3n) is 2.71. The predicted molar refractivity (Wildman–Crippen MR) is 87.6 cm³/mol. The van der Waals surface area contributed by atoms with Gasteiger partial charge < -0.3 is 27.4 Å². The zero-order valence-corrected chi connectivity index (χ0v) is 13.3. The van der Waals surface area contributed by atoms with E-state index >= 15 is 0 Å². The average molecular weight is 329 g/mol. The molecule has 1 amide bonds. The number of hydrogen-bond acceptors (Lipinski definition) is 6. The Kier molecular flexibility index (Phi) is 10.0. The number of carbonyl (C=O) groups is 2. The van der Waals surface area contributed by atoms with Crippen LogP contribution in [0.4, 0.5) is 0 Å². The normalized spacial score (nSPS) is 12.7. The lowest BCUT2D eigenvalue weighted by atomic mass is 10.1. The van der Waals surface area contributed by atoms with Crippen molar-refractivity contribution in [3.63, 3.8) is 0 Å². The molecule has 0 aliphatic carbocycles. The largest absolute Gasteiger partial charge is 0.508 e. The summed E-state index contributed by atoms with van der Waals surface area (Å²) in [5.74, 6) is -0.380.